The molecule has 3 N–H and O–H groups in total. The summed E-state index contributed by atoms with van der Waals surface area (Å²) in [6.07, 6.45) is 0. The number of halogens is 1. The topological polar surface area (TPSA) is 70.2 Å². The van der Waals surface area contributed by atoms with Crippen LogP contribution in [-0.4, -0.2) is 11.9 Å². The Bertz CT molecular complexity index is 904. The summed E-state index contributed by atoms with van der Waals surface area (Å²) in [5.41, 5.74) is 3.53. The van der Waals surface area contributed by atoms with Crippen molar-refractivity contribution >= 4 is 29.2 Å². The number of hydrogen-bond acceptors (Lipinski definition) is 2. The van der Waals surface area contributed by atoms with Gasteiger partial charge in [-0.25, -0.2) is 4.79 Å². The third-order valence-electron chi connectivity index (χ3n) is 4.57. The van der Waals surface area contributed by atoms with E-state index in [-0.39, 0.29) is 11.9 Å². The third kappa shape index (κ3) is 4.14. The molecule has 140 valence electrons. The largest absolute Gasteiger partial charge is 0.327 e. The highest BCUT2D eigenvalue weighted by Crippen LogP contribution is 2.30. The minimum atomic E-state index is -0.539. The van der Waals surface area contributed by atoms with Crippen LogP contribution in [0.2, 0.25) is 5.02 Å². The molecule has 1 atom stereocenters. The molecule has 0 aromatic heterocycles. The lowest BCUT2D eigenvalue weighted by Gasteiger charge is -2.29. The molecule has 0 bridgehead atoms. The Morgan fingerprint density at radius 2 is 1.78 bits per heavy atom. The summed E-state index contributed by atoms with van der Waals surface area (Å²) in [6.45, 7) is 5.96. The normalized spacial score (nSPS) is 16.8. The van der Waals surface area contributed by atoms with Crippen LogP contribution in [0.1, 0.15) is 43.9 Å². The molecule has 5 nitrogen and oxygen atoms in total. The first-order valence-corrected chi connectivity index (χ1v) is 9.18. The zero-order valence-electron chi connectivity index (χ0n) is 15.5. The number of amides is 3. The summed E-state index contributed by atoms with van der Waals surface area (Å²) < 4.78 is 0. The van der Waals surface area contributed by atoms with Crippen molar-refractivity contribution < 1.29 is 9.59 Å². The molecular formula is C21H22ClN3O2. The van der Waals surface area contributed by atoms with Gasteiger partial charge in [0.2, 0.25) is 0 Å². The Morgan fingerprint density at radius 3 is 2.41 bits per heavy atom. The van der Waals surface area contributed by atoms with Crippen molar-refractivity contribution in [2.24, 2.45) is 0 Å². The van der Waals surface area contributed by atoms with E-state index in [0.717, 1.165) is 5.56 Å². The van der Waals surface area contributed by atoms with Crippen LogP contribution in [-0.2, 0) is 4.79 Å². The second-order valence-corrected chi connectivity index (χ2v) is 7.23. The van der Waals surface area contributed by atoms with Crippen molar-refractivity contribution in [3.8, 4) is 0 Å². The van der Waals surface area contributed by atoms with Gasteiger partial charge in [0.15, 0.2) is 0 Å². The van der Waals surface area contributed by atoms with Gasteiger partial charge >= 0.3 is 6.03 Å². The van der Waals surface area contributed by atoms with E-state index >= 15 is 0 Å². The van der Waals surface area contributed by atoms with Crippen molar-refractivity contribution in [2.45, 2.75) is 32.7 Å². The van der Waals surface area contributed by atoms with Crippen LogP contribution in [0.15, 0.2) is 59.8 Å². The lowest BCUT2D eigenvalue weighted by molar-refractivity contribution is -0.113. The molecule has 0 aliphatic carbocycles. The number of para-hydroxylation sites is 1. The molecule has 0 saturated heterocycles. The van der Waals surface area contributed by atoms with Gasteiger partial charge in [-0.05, 0) is 36.1 Å². The van der Waals surface area contributed by atoms with Crippen molar-refractivity contribution in [3.05, 3.63) is 76.0 Å². The van der Waals surface area contributed by atoms with Crippen molar-refractivity contribution in [1.29, 1.82) is 0 Å². The third-order valence-corrected chi connectivity index (χ3v) is 4.90. The highest BCUT2D eigenvalue weighted by molar-refractivity contribution is 6.33. The molecule has 0 fully saturated rings. The standard InChI is InChI=1S/C21H22ClN3O2/c1-12(2)14-8-10-15(11-9-14)19-18(13(3)23-21(27)25-19)20(26)24-17-7-5-4-6-16(17)22/h4-12,19H,1-3H3,(H,24,26)(H2,23,25,27). The summed E-state index contributed by atoms with van der Waals surface area (Å²) in [7, 11) is 0. The fourth-order valence-electron chi connectivity index (χ4n) is 3.07. The van der Waals surface area contributed by atoms with Gasteiger partial charge in [0.1, 0.15) is 0 Å². The summed E-state index contributed by atoms with van der Waals surface area (Å²) in [6, 6.07) is 14.1. The zero-order valence-corrected chi connectivity index (χ0v) is 16.2. The predicted octanol–water partition coefficient (Wildman–Crippen LogP) is 4.73. The lowest BCUT2D eigenvalue weighted by atomic mass is 9.92. The van der Waals surface area contributed by atoms with Crippen LogP contribution >= 0.6 is 11.6 Å². The van der Waals surface area contributed by atoms with Crippen molar-refractivity contribution in [3.63, 3.8) is 0 Å². The number of anilines is 1. The molecule has 3 rings (SSSR count). The van der Waals surface area contributed by atoms with Crippen molar-refractivity contribution in [2.75, 3.05) is 5.32 Å². The molecule has 1 aliphatic heterocycles. The van der Waals surface area contributed by atoms with Crippen LogP contribution in [0.3, 0.4) is 0 Å². The highest BCUT2D eigenvalue weighted by Gasteiger charge is 2.31. The molecule has 0 spiro atoms. The number of allylic oxidation sites excluding steroid dienone is 1. The van der Waals surface area contributed by atoms with Gasteiger partial charge in [-0.2, -0.15) is 0 Å². The first-order chi connectivity index (χ1) is 12.9. The molecule has 2 aromatic rings. The fraction of sp³-hybridized carbons (Fsp3) is 0.238. The summed E-state index contributed by atoms with van der Waals surface area (Å²) >= 11 is 6.15. The second kappa shape index (κ2) is 7.84. The number of carbonyl (C=O) groups excluding carboxylic acids is 2. The van der Waals surface area contributed by atoms with E-state index in [1.807, 2.05) is 24.3 Å². The molecule has 2 aromatic carbocycles. The quantitative estimate of drug-likeness (QED) is 0.714. The first kappa shape index (κ1) is 19.0. The number of rotatable bonds is 4. The predicted molar refractivity (Wildman–Crippen MR) is 108 cm³/mol. The van der Waals surface area contributed by atoms with Gasteiger partial charge < -0.3 is 16.0 Å². The minimum Gasteiger partial charge on any atom is -0.327 e. The van der Waals surface area contributed by atoms with Crippen LogP contribution in [0.25, 0.3) is 0 Å². The number of urea groups is 1. The molecule has 1 aliphatic rings. The molecule has 0 saturated carbocycles. The minimum absolute atomic E-state index is 0.314. The van der Waals surface area contributed by atoms with Gasteiger partial charge in [0.25, 0.3) is 5.91 Å². The van der Waals surface area contributed by atoms with Gasteiger partial charge in [-0.1, -0.05) is 61.8 Å². The van der Waals surface area contributed by atoms with Gasteiger partial charge in [0.05, 0.1) is 22.3 Å². The average molecular weight is 384 g/mol. The van der Waals surface area contributed by atoms with Crippen LogP contribution in [0.5, 0.6) is 0 Å². The molecular weight excluding hydrogens is 362 g/mol. The van der Waals surface area contributed by atoms with E-state index in [4.69, 9.17) is 11.6 Å². The van der Waals surface area contributed by atoms with E-state index in [0.29, 0.717) is 27.9 Å². The van der Waals surface area contributed by atoms with E-state index in [2.05, 4.69) is 29.8 Å². The Hall–Kier alpha value is -2.79. The molecule has 6 heteroatoms. The Balaban J connectivity index is 1.94. The van der Waals surface area contributed by atoms with Gasteiger partial charge in [0, 0.05) is 5.70 Å². The number of benzene rings is 2. The molecule has 0 radical (unpaired) electrons. The molecule has 27 heavy (non-hydrogen) atoms. The monoisotopic (exact) mass is 383 g/mol. The maximum Gasteiger partial charge on any atom is 0.319 e. The number of hydrogen-bond donors (Lipinski definition) is 3. The smallest absolute Gasteiger partial charge is 0.319 e. The van der Waals surface area contributed by atoms with Gasteiger partial charge in [-0.3, -0.25) is 4.79 Å². The van der Waals surface area contributed by atoms with E-state index in [1.54, 1.807) is 31.2 Å². The Kier molecular flexibility index (Phi) is 5.51. The molecule has 1 unspecified atom stereocenters. The maximum atomic E-state index is 13.0. The molecule has 1 heterocycles. The zero-order chi connectivity index (χ0) is 19.6. The summed E-state index contributed by atoms with van der Waals surface area (Å²) in [5.74, 6) is 0.0907. The van der Waals surface area contributed by atoms with E-state index in [1.165, 1.54) is 5.56 Å². The van der Waals surface area contributed by atoms with Crippen molar-refractivity contribution in [1.82, 2.24) is 10.6 Å². The average Bonchev–Trinajstić information content (AvgIpc) is 2.63. The molecule has 3 amide bonds. The Labute approximate surface area is 163 Å². The van der Waals surface area contributed by atoms with E-state index in [9.17, 15) is 9.59 Å². The highest BCUT2D eigenvalue weighted by atomic mass is 35.5. The summed E-state index contributed by atoms with van der Waals surface area (Å²) in [4.78, 5) is 25.0. The SMILES string of the molecule is CC1=C(C(=O)Nc2ccccc2Cl)C(c2ccc(C(C)C)cc2)NC(=O)N1. The number of nitrogens with one attached hydrogen (secondary N) is 3. The van der Waals surface area contributed by atoms with E-state index < -0.39 is 6.04 Å². The lowest BCUT2D eigenvalue weighted by Crippen LogP contribution is -2.46. The van der Waals surface area contributed by atoms with Crippen LogP contribution in [0.4, 0.5) is 10.5 Å². The van der Waals surface area contributed by atoms with Gasteiger partial charge in [-0.15, -0.1) is 0 Å². The maximum absolute atomic E-state index is 13.0. The fourth-order valence-corrected chi connectivity index (χ4v) is 3.25. The van der Waals surface area contributed by atoms with Crippen LogP contribution < -0.4 is 16.0 Å². The first-order valence-electron chi connectivity index (χ1n) is 8.81. The summed E-state index contributed by atoms with van der Waals surface area (Å²) in [5, 5.41) is 8.81. The Morgan fingerprint density at radius 1 is 1.11 bits per heavy atom. The second-order valence-electron chi connectivity index (χ2n) is 6.83. The van der Waals surface area contributed by atoms with Crippen LogP contribution in [0, 0.1) is 0 Å². The number of carbonyl (C=O) groups is 2.